The number of nitrogens with one attached hydrogen (secondary N) is 1. The second-order valence-corrected chi connectivity index (χ2v) is 6.43. The number of rotatable bonds is 4. The molecule has 1 N–H and O–H groups in total. The normalized spacial score (nSPS) is 29.2. The molecule has 1 fully saturated rings. The molecule has 24 heavy (non-hydrogen) atoms. The second-order valence-electron chi connectivity index (χ2n) is 6.43. The molecular weight excluding hydrogens is 318 g/mol. The summed E-state index contributed by atoms with van der Waals surface area (Å²) < 4.78 is 10.7. The van der Waals surface area contributed by atoms with Crippen molar-refractivity contribution in [2.24, 2.45) is 5.41 Å². The molecule has 0 saturated carbocycles. The third-order valence-electron chi connectivity index (χ3n) is 4.67. The Morgan fingerprint density at radius 2 is 1.38 bits per heavy atom. The molecule has 9 heteroatoms. The lowest BCUT2D eigenvalue weighted by Crippen LogP contribution is -2.63. The maximum Gasteiger partial charge on any atom is 0.247 e. The Balaban J connectivity index is 2.12. The first-order valence-electron chi connectivity index (χ1n) is 7.44. The molecular formula is C15H17N3O6. The summed E-state index contributed by atoms with van der Waals surface area (Å²) in [6.07, 6.45) is 2.84. The third kappa shape index (κ3) is 2.46. The first kappa shape index (κ1) is 16.2. The van der Waals surface area contributed by atoms with Crippen LogP contribution in [0.2, 0.25) is 0 Å². The summed E-state index contributed by atoms with van der Waals surface area (Å²) in [6.45, 7) is 3.08. The van der Waals surface area contributed by atoms with Crippen molar-refractivity contribution in [3.63, 3.8) is 0 Å². The van der Waals surface area contributed by atoms with Gasteiger partial charge in [0.25, 0.3) is 0 Å². The first-order valence-corrected chi connectivity index (χ1v) is 7.44. The van der Waals surface area contributed by atoms with Gasteiger partial charge in [0.1, 0.15) is 29.0 Å². The molecule has 1 saturated heterocycles. The minimum atomic E-state index is -1.24. The minimum Gasteiger partial charge on any atom is -0.467 e. The number of furan rings is 2. The zero-order valence-corrected chi connectivity index (χ0v) is 13.1. The maximum atomic E-state index is 11.7. The van der Waals surface area contributed by atoms with Gasteiger partial charge in [-0.05, 0) is 38.1 Å². The molecule has 9 nitrogen and oxygen atoms in total. The molecule has 0 bridgehead atoms. The van der Waals surface area contributed by atoms with Crippen LogP contribution in [0, 0.1) is 25.6 Å². The van der Waals surface area contributed by atoms with E-state index in [1.54, 1.807) is 38.1 Å². The summed E-state index contributed by atoms with van der Waals surface area (Å²) in [6, 6.07) is 2.42. The molecule has 2 aromatic rings. The SMILES string of the molecule is CC1(C)[C@@H]([N+](=O)[O-])[C@@H](c2ccco2)N[C@@H](c2ccco2)[C@H]1[N+](=O)[O-]. The van der Waals surface area contributed by atoms with Crippen molar-refractivity contribution in [1.29, 1.82) is 0 Å². The average Bonchev–Trinajstić information content (AvgIpc) is 3.17. The van der Waals surface area contributed by atoms with Crippen LogP contribution >= 0.6 is 0 Å². The fraction of sp³-hybridized carbons (Fsp3) is 0.467. The summed E-state index contributed by atoms with van der Waals surface area (Å²) in [5.74, 6) is 0.728. The van der Waals surface area contributed by atoms with Gasteiger partial charge < -0.3 is 8.83 Å². The Kier molecular flexibility index (Phi) is 3.88. The highest BCUT2D eigenvalue weighted by Gasteiger charge is 2.64. The standard InChI is InChI=1S/C15H17N3O6/c1-15(2)13(17(19)20)11(9-5-3-7-23-9)16-12(14(15)18(21)22)10-6-4-8-24-10/h3-8,11-14,16H,1-2H3/t11-,12+,13+,14-. The smallest absolute Gasteiger partial charge is 0.247 e. The molecule has 0 unspecified atom stereocenters. The highest BCUT2D eigenvalue weighted by atomic mass is 16.6. The third-order valence-corrected chi connectivity index (χ3v) is 4.67. The predicted molar refractivity (Wildman–Crippen MR) is 81.4 cm³/mol. The predicted octanol–water partition coefficient (Wildman–Crippen LogP) is 2.58. The van der Waals surface area contributed by atoms with Gasteiger partial charge in [-0.1, -0.05) is 0 Å². The van der Waals surface area contributed by atoms with Crippen LogP contribution in [0.1, 0.15) is 37.5 Å². The summed E-state index contributed by atoms with van der Waals surface area (Å²) in [4.78, 5) is 22.5. The van der Waals surface area contributed by atoms with Crippen molar-refractivity contribution in [3.05, 3.63) is 68.5 Å². The lowest BCUT2D eigenvalue weighted by atomic mass is 9.68. The van der Waals surface area contributed by atoms with Crippen LogP contribution in [0.25, 0.3) is 0 Å². The van der Waals surface area contributed by atoms with Gasteiger partial charge in [0, 0.05) is 9.85 Å². The molecule has 0 aliphatic carbocycles. The van der Waals surface area contributed by atoms with E-state index in [0.717, 1.165) is 0 Å². The van der Waals surface area contributed by atoms with Crippen LogP contribution in [0.15, 0.2) is 45.6 Å². The van der Waals surface area contributed by atoms with Gasteiger partial charge in [-0.25, -0.2) is 0 Å². The highest BCUT2D eigenvalue weighted by molar-refractivity contribution is 5.18. The Hall–Kier alpha value is -2.68. The van der Waals surface area contributed by atoms with Crippen molar-refractivity contribution in [1.82, 2.24) is 5.32 Å². The van der Waals surface area contributed by atoms with Crippen LogP contribution in [-0.4, -0.2) is 21.9 Å². The number of nitro groups is 2. The topological polar surface area (TPSA) is 125 Å². The lowest BCUT2D eigenvalue weighted by molar-refractivity contribution is -0.605. The maximum absolute atomic E-state index is 11.7. The lowest BCUT2D eigenvalue weighted by Gasteiger charge is -2.42. The van der Waals surface area contributed by atoms with Crippen molar-refractivity contribution in [2.45, 2.75) is 38.0 Å². The van der Waals surface area contributed by atoms with E-state index in [2.05, 4.69) is 5.32 Å². The van der Waals surface area contributed by atoms with E-state index in [0.29, 0.717) is 11.5 Å². The number of hydrogen-bond acceptors (Lipinski definition) is 7. The Morgan fingerprint density at radius 1 is 0.958 bits per heavy atom. The Labute approximate surface area is 136 Å². The molecule has 0 aromatic carbocycles. The summed E-state index contributed by atoms with van der Waals surface area (Å²) in [5.41, 5.74) is -1.24. The molecule has 128 valence electrons. The van der Waals surface area contributed by atoms with Gasteiger partial charge in [0.2, 0.25) is 12.1 Å². The summed E-state index contributed by atoms with van der Waals surface area (Å²) in [5, 5.41) is 26.4. The van der Waals surface area contributed by atoms with Crippen molar-refractivity contribution in [3.8, 4) is 0 Å². The molecule has 3 heterocycles. The first-order chi connectivity index (χ1) is 11.3. The van der Waals surface area contributed by atoms with Gasteiger partial charge in [0.15, 0.2) is 0 Å². The zero-order valence-electron chi connectivity index (χ0n) is 13.1. The van der Waals surface area contributed by atoms with E-state index >= 15 is 0 Å². The van der Waals surface area contributed by atoms with Crippen LogP contribution in [-0.2, 0) is 0 Å². The van der Waals surface area contributed by atoms with Crippen LogP contribution in [0.3, 0.4) is 0 Å². The molecule has 0 spiro atoms. The molecule has 1 aliphatic heterocycles. The second kappa shape index (κ2) is 5.75. The molecule has 0 radical (unpaired) electrons. The van der Waals surface area contributed by atoms with E-state index in [9.17, 15) is 20.2 Å². The van der Waals surface area contributed by atoms with Gasteiger partial charge in [-0.3, -0.25) is 25.5 Å². The zero-order chi connectivity index (χ0) is 17.5. The molecule has 1 aliphatic rings. The monoisotopic (exact) mass is 335 g/mol. The molecule has 3 rings (SSSR count). The minimum absolute atomic E-state index is 0.364. The highest BCUT2D eigenvalue weighted by Crippen LogP contribution is 2.46. The van der Waals surface area contributed by atoms with Crippen LogP contribution in [0.4, 0.5) is 0 Å². The van der Waals surface area contributed by atoms with E-state index < -0.39 is 39.4 Å². The summed E-state index contributed by atoms with van der Waals surface area (Å²) in [7, 11) is 0. The number of hydrogen-bond donors (Lipinski definition) is 1. The average molecular weight is 335 g/mol. The van der Waals surface area contributed by atoms with Crippen LogP contribution < -0.4 is 5.32 Å². The largest absolute Gasteiger partial charge is 0.467 e. The van der Waals surface area contributed by atoms with E-state index in [1.807, 2.05) is 0 Å². The van der Waals surface area contributed by atoms with Crippen molar-refractivity contribution >= 4 is 0 Å². The quantitative estimate of drug-likeness (QED) is 0.672. The van der Waals surface area contributed by atoms with Gasteiger partial charge in [0.05, 0.1) is 12.5 Å². The van der Waals surface area contributed by atoms with Crippen molar-refractivity contribution < 1.29 is 18.7 Å². The Morgan fingerprint density at radius 3 is 1.67 bits per heavy atom. The summed E-state index contributed by atoms with van der Waals surface area (Å²) >= 11 is 0. The molecule has 4 atom stereocenters. The van der Waals surface area contributed by atoms with Gasteiger partial charge in [-0.2, -0.15) is 0 Å². The van der Waals surface area contributed by atoms with E-state index in [1.165, 1.54) is 12.5 Å². The Bertz CT molecular complexity index is 664. The van der Waals surface area contributed by atoms with E-state index in [4.69, 9.17) is 8.83 Å². The van der Waals surface area contributed by atoms with E-state index in [-0.39, 0.29) is 0 Å². The van der Waals surface area contributed by atoms with Gasteiger partial charge >= 0.3 is 0 Å². The number of nitrogens with zero attached hydrogens (tertiary/aromatic N) is 2. The fourth-order valence-corrected chi connectivity index (χ4v) is 3.61. The van der Waals surface area contributed by atoms with Gasteiger partial charge in [-0.15, -0.1) is 0 Å². The molecule has 2 aromatic heterocycles. The molecule has 0 amide bonds. The van der Waals surface area contributed by atoms with Crippen LogP contribution in [0.5, 0.6) is 0 Å². The fourth-order valence-electron chi connectivity index (χ4n) is 3.61. The van der Waals surface area contributed by atoms with Crippen molar-refractivity contribution in [2.75, 3.05) is 0 Å². The number of piperidine rings is 1.